The average Bonchev–Trinajstić information content (AvgIpc) is 3.16. The lowest BCUT2D eigenvalue weighted by Crippen LogP contribution is -2.42. The Balaban J connectivity index is 1.47. The molecule has 3 rings (SSSR count). The zero-order valence-electron chi connectivity index (χ0n) is 14.5. The predicted octanol–water partition coefficient (Wildman–Crippen LogP) is 4.13. The van der Waals surface area contributed by atoms with Crippen molar-refractivity contribution in [1.29, 1.82) is 0 Å². The van der Waals surface area contributed by atoms with Crippen molar-refractivity contribution in [3.63, 3.8) is 0 Å². The first-order valence-corrected chi connectivity index (χ1v) is 9.05. The van der Waals surface area contributed by atoms with Gasteiger partial charge in [-0.15, -0.1) is 0 Å². The van der Waals surface area contributed by atoms with Gasteiger partial charge in [-0.1, -0.05) is 32.4 Å². The molecule has 0 saturated heterocycles. The third-order valence-corrected chi connectivity index (χ3v) is 5.72. The Kier molecular flexibility index (Phi) is 4.93. The molecule has 126 valence electrons. The van der Waals surface area contributed by atoms with Crippen LogP contribution in [0.15, 0.2) is 24.3 Å². The summed E-state index contributed by atoms with van der Waals surface area (Å²) in [7, 11) is 0. The third kappa shape index (κ3) is 3.88. The molecule has 1 amide bonds. The van der Waals surface area contributed by atoms with Crippen LogP contribution in [0.3, 0.4) is 0 Å². The SMILES string of the molecule is CC(C)c1cccc(OCC(=O)NC(C)C2CC3CCC2C3)c1. The van der Waals surface area contributed by atoms with E-state index in [1.54, 1.807) is 0 Å². The van der Waals surface area contributed by atoms with Crippen LogP contribution < -0.4 is 10.1 Å². The molecule has 0 spiro atoms. The number of nitrogens with one attached hydrogen (secondary N) is 1. The van der Waals surface area contributed by atoms with Crippen LogP contribution >= 0.6 is 0 Å². The number of rotatable bonds is 6. The average molecular weight is 315 g/mol. The maximum atomic E-state index is 12.2. The highest BCUT2D eigenvalue weighted by Crippen LogP contribution is 2.49. The first-order chi connectivity index (χ1) is 11.0. The first kappa shape index (κ1) is 16.4. The minimum atomic E-state index is -0.00442. The van der Waals surface area contributed by atoms with Crippen LogP contribution in [-0.2, 0) is 4.79 Å². The van der Waals surface area contributed by atoms with Gasteiger partial charge in [-0.2, -0.15) is 0 Å². The molecule has 0 aliphatic heterocycles. The highest BCUT2D eigenvalue weighted by atomic mass is 16.5. The van der Waals surface area contributed by atoms with Crippen LogP contribution in [0.5, 0.6) is 5.75 Å². The lowest BCUT2D eigenvalue weighted by Gasteiger charge is -2.28. The van der Waals surface area contributed by atoms with Gasteiger partial charge >= 0.3 is 0 Å². The van der Waals surface area contributed by atoms with E-state index in [0.29, 0.717) is 11.8 Å². The molecule has 1 aromatic carbocycles. The Morgan fingerprint density at radius 2 is 2.09 bits per heavy atom. The number of amides is 1. The van der Waals surface area contributed by atoms with Gasteiger partial charge in [0.2, 0.25) is 0 Å². The Bertz CT molecular complexity index is 554. The summed E-state index contributed by atoms with van der Waals surface area (Å²) in [6, 6.07) is 8.29. The predicted molar refractivity (Wildman–Crippen MR) is 92.6 cm³/mol. The second kappa shape index (κ2) is 6.94. The number of carbonyl (C=O) groups excluding carboxylic acids is 1. The monoisotopic (exact) mass is 315 g/mol. The van der Waals surface area contributed by atoms with Gasteiger partial charge in [-0.05, 0) is 67.6 Å². The summed E-state index contributed by atoms with van der Waals surface area (Å²) in [6.07, 6.45) is 5.43. The maximum Gasteiger partial charge on any atom is 0.258 e. The molecule has 0 radical (unpaired) electrons. The summed E-state index contributed by atoms with van der Waals surface area (Å²) in [4.78, 5) is 12.2. The van der Waals surface area contributed by atoms with Gasteiger partial charge < -0.3 is 10.1 Å². The van der Waals surface area contributed by atoms with Crippen LogP contribution in [0.4, 0.5) is 0 Å². The zero-order valence-corrected chi connectivity index (χ0v) is 14.5. The van der Waals surface area contributed by atoms with Crippen molar-refractivity contribution in [2.75, 3.05) is 6.61 Å². The van der Waals surface area contributed by atoms with Gasteiger partial charge in [0.05, 0.1) is 0 Å². The molecule has 2 bridgehead atoms. The van der Waals surface area contributed by atoms with E-state index in [0.717, 1.165) is 17.6 Å². The number of fused-ring (bicyclic) bond motifs is 2. The van der Waals surface area contributed by atoms with Crippen molar-refractivity contribution < 1.29 is 9.53 Å². The van der Waals surface area contributed by atoms with Crippen molar-refractivity contribution in [2.45, 2.75) is 58.4 Å². The highest BCUT2D eigenvalue weighted by Gasteiger charge is 2.42. The van der Waals surface area contributed by atoms with Crippen molar-refractivity contribution >= 4 is 5.91 Å². The Morgan fingerprint density at radius 3 is 2.74 bits per heavy atom. The number of carbonyl (C=O) groups is 1. The number of benzene rings is 1. The van der Waals surface area contributed by atoms with E-state index in [1.165, 1.54) is 31.2 Å². The smallest absolute Gasteiger partial charge is 0.258 e. The van der Waals surface area contributed by atoms with Gasteiger partial charge in [-0.3, -0.25) is 4.79 Å². The number of hydrogen-bond acceptors (Lipinski definition) is 2. The Labute approximate surface area is 139 Å². The van der Waals surface area contributed by atoms with E-state index in [4.69, 9.17) is 4.74 Å². The van der Waals surface area contributed by atoms with E-state index >= 15 is 0 Å². The standard InChI is InChI=1S/C20H29NO2/c1-13(2)16-5-4-6-18(11-16)23-12-20(22)21-14(3)19-10-15-7-8-17(19)9-15/h4-6,11,13-15,17,19H,7-10,12H2,1-3H3,(H,21,22). The third-order valence-electron chi connectivity index (χ3n) is 5.72. The fraction of sp³-hybridized carbons (Fsp3) is 0.650. The normalized spacial score (nSPS) is 27.2. The zero-order chi connectivity index (χ0) is 16.4. The summed E-state index contributed by atoms with van der Waals surface area (Å²) in [5.41, 5.74) is 1.23. The molecule has 2 fully saturated rings. The highest BCUT2D eigenvalue weighted by molar-refractivity contribution is 5.77. The molecule has 2 aliphatic rings. The molecular formula is C20H29NO2. The second-order valence-electron chi connectivity index (χ2n) is 7.71. The molecule has 0 aromatic heterocycles. The van der Waals surface area contributed by atoms with E-state index in [-0.39, 0.29) is 18.6 Å². The Hall–Kier alpha value is -1.51. The molecule has 2 aliphatic carbocycles. The van der Waals surface area contributed by atoms with E-state index in [2.05, 4.69) is 32.2 Å². The molecular weight excluding hydrogens is 286 g/mol. The number of ether oxygens (including phenoxy) is 1. The molecule has 2 saturated carbocycles. The summed E-state index contributed by atoms with van der Waals surface area (Å²) in [5, 5.41) is 3.15. The van der Waals surface area contributed by atoms with E-state index in [9.17, 15) is 4.79 Å². The summed E-state index contributed by atoms with van der Waals surface area (Å²) in [6.45, 7) is 6.57. The van der Waals surface area contributed by atoms with Crippen LogP contribution in [-0.4, -0.2) is 18.6 Å². The van der Waals surface area contributed by atoms with Crippen LogP contribution in [0.2, 0.25) is 0 Å². The van der Waals surface area contributed by atoms with Gasteiger partial charge in [-0.25, -0.2) is 0 Å². The van der Waals surface area contributed by atoms with Crippen molar-refractivity contribution in [1.82, 2.24) is 5.32 Å². The summed E-state index contributed by atoms with van der Waals surface area (Å²) < 4.78 is 5.67. The second-order valence-corrected chi connectivity index (χ2v) is 7.71. The fourth-order valence-corrected chi connectivity index (χ4v) is 4.42. The van der Waals surface area contributed by atoms with Crippen molar-refractivity contribution in [3.8, 4) is 5.75 Å². The molecule has 4 unspecified atom stereocenters. The van der Waals surface area contributed by atoms with E-state index in [1.807, 2.05) is 18.2 Å². The maximum absolute atomic E-state index is 12.2. The van der Waals surface area contributed by atoms with Crippen molar-refractivity contribution in [3.05, 3.63) is 29.8 Å². The first-order valence-electron chi connectivity index (χ1n) is 9.05. The van der Waals surface area contributed by atoms with Crippen molar-refractivity contribution in [2.24, 2.45) is 17.8 Å². The Morgan fingerprint density at radius 1 is 1.26 bits per heavy atom. The molecule has 0 heterocycles. The molecule has 4 atom stereocenters. The summed E-state index contributed by atoms with van der Waals surface area (Å²) >= 11 is 0. The largest absolute Gasteiger partial charge is 0.484 e. The number of hydrogen-bond donors (Lipinski definition) is 1. The molecule has 3 heteroatoms. The minimum absolute atomic E-state index is 0.00442. The molecule has 1 N–H and O–H groups in total. The fourth-order valence-electron chi connectivity index (χ4n) is 4.42. The quantitative estimate of drug-likeness (QED) is 0.857. The van der Waals surface area contributed by atoms with E-state index < -0.39 is 0 Å². The van der Waals surface area contributed by atoms with Crippen LogP contribution in [0, 0.1) is 17.8 Å². The lowest BCUT2D eigenvalue weighted by atomic mass is 9.84. The van der Waals surface area contributed by atoms with Crippen LogP contribution in [0.25, 0.3) is 0 Å². The van der Waals surface area contributed by atoms with Crippen LogP contribution in [0.1, 0.15) is 57.9 Å². The van der Waals surface area contributed by atoms with Gasteiger partial charge in [0.1, 0.15) is 5.75 Å². The molecule has 1 aromatic rings. The molecule has 23 heavy (non-hydrogen) atoms. The topological polar surface area (TPSA) is 38.3 Å². The molecule has 3 nitrogen and oxygen atoms in total. The lowest BCUT2D eigenvalue weighted by molar-refractivity contribution is -0.124. The summed E-state index contributed by atoms with van der Waals surface area (Å²) in [5.74, 6) is 3.65. The van der Waals surface area contributed by atoms with Gasteiger partial charge in [0, 0.05) is 6.04 Å². The van der Waals surface area contributed by atoms with Gasteiger partial charge in [0.25, 0.3) is 5.91 Å². The minimum Gasteiger partial charge on any atom is -0.484 e. The van der Waals surface area contributed by atoms with Gasteiger partial charge in [0.15, 0.2) is 6.61 Å².